The summed E-state index contributed by atoms with van der Waals surface area (Å²) in [4.78, 5) is 126. The lowest BCUT2D eigenvalue weighted by atomic mass is 10.1. The van der Waals surface area contributed by atoms with Gasteiger partial charge in [0.2, 0.25) is 5.91 Å². The number of carbonyl (C=O) groups excluding carboxylic acids is 7. The number of hydrogen-bond acceptors (Lipinski definition) is 22. The summed E-state index contributed by atoms with van der Waals surface area (Å²) in [6.07, 6.45) is 0. The molecule has 28 nitrogen and oxygen atoms in total. The summed E-state index contributed by atoms with van der Waals surface area (Å²) in [6, 6.07) is 23.7. The molecule has 0 aliphatic carbocycles. The van der Waals surface area contributed by atoms with Crippen molar-refractivity contribution in [3.63, 3.8) is 0 Å². The molecule has 16 N–H and O–H groups in total. The SMILES string of the molecule is Cc1cc(-c2nc(C(N)=O)c(N)s2)cc(C)n1.Cc1cc(-c2nc(C(N)=O)c(NC(=O)c3ccc(CN4CCN(C)CC4)cc3)s2)cc(C)n1.Cc1cc(C(=O)NC(C#N)C(N)=O)cc(C)n1.Cc1cc(C(=O)NC(C(N)=O)C(N)=S)cc(C)n1.Cc1cc(C(=O)O)cc(C)n1. The van der Waals surface area contributed by atoms with Crippen molar-refractivity contribution in [2.75, 3.05) is 44.3 Å². The number of primary amides is 4. The standard InChI is InChI=1S/C24H28N6O2S.C11H14N4O2S.C11H12N4O2.C11H12N4OS.C8H9NO2/c1-15-12-19(13-16(2)26-15)23-27-20(21(25)31)24(33-23)28-22(32)18-6-4-17(5-7-18)14-30-10-8-29(3)9-11-30;1-5-3-7(4-6(2)14-5)11(17)15-8(9(12)16)10(13)18;1-6-3-8(4-7(2)14-6)11(17)15-9(5-12)10(13)16;1-5-3-7(4-6(2)14-5)11-15-8(9(12)16)10(13)17-11;1-5-3-7(8(10)11)4-6(2)9-5/h4-7,12-13H,8-11,14H2,1-3H3,(H2,25,31)(H,28,32);3-4,8H,1-2H3,(H2,12,16)(H2,13,18)(H,15,17);3-4,9H,1-2H3,(H2,13,16)(H,15,17);3-4H,13H2,1-2H3,(H2,12,16);3-4H,1-2H3,(H,10,11). The predicted molar refractivity (Wildman–Crippen MR) is 370 cm³/mol. The number of likely N-dealkylation sites (N-methyl/N-ethyl adjacent to an activating group) is 1. The van der Waals surface area contributed by atoms with Crippen LogP contribution in [0.3, 0.4) is 0 Å². The third kappa shape index (κ3) is 23.3. The van der Waals surface area contributed by atoms with Crippen LogP contribution in [0.4, 0.5) is 10.0 Å². The van der Waals surface area contributed by atoms with Crippen LogP contribution in [0.2, 0.25) is 0 Å². The maximum atomic E-state index is 12.9. The summed E-state index contributed by atoms with van der Waals surface area (Å²) in [5.74, 6) is -5.17. The zero-order chi connectivity index (χ0) is 71.4. The Labute approximate surface area is 567 Å². The van der Waals surface area contributed by atoms with Crippen molar-refractivity contribution in [3.8, 4) is 27.2 Å². The van der Waals surface area contributed by atoms with E-state index in [1.165, 1.54) is 22.7 Å². The van der Waals surface area contributed by atoms with Gasteiger partial charge >= 0.3 is 5.97 Å². The Bertz CT molecular complexity index is 4160. The lowest BCUT2D eigenvalue weighted by Crippen LogP contribution is -2.51. The van der Waals surface area contributed by atoms with Gasteiger partial charge in [0.1, 0.15) is 25.0 Å². The Balaban J connectivity index is 0.000000229. The van der Waals surface area contributed by atoms with Crippen LogP contribution in [0.15, 0.2) is 84.9 Å². The molecule has 0 saturated carbocycles. The number of benzene rings is 1. The van der Waals surface area contributed by atoms with E-state index in [0.29, 0.717) is 65.0 Å². The summed E-state index contributed by atoms with van der Waals surface area (Å²) >= 11 is 7.14. The molecule has 0 bridgehead atoms. The second-order valence-electron chi connectivity index (χ2n) is 22.0. The normalized spacial score (nSPS) is 12.3. The number of piperazine rings is 1. The van der Waals surface area contributed by atoms with E-state index in [0.717, 1.165) is 83.6 Å². The predicted octanol–water partition coefficient (Wildman–Crippen LogP) is 5.19. The van der Waals surface area contributed by atoms with Crippen LogP contribution in [0.1, 0.15) is 125 Å². The second-order valence-corrected chi connectivity index (χ2v) is 24.5. The number of nitrogens with two attached hydrogens (primary N) is 6. The summed E-state index contributed by atoms with van der Waals surface area (Å²) in [5, 5.41) is 26.6. The number of anilines is 2. The van der Waals surface area contributed by atoms with Crippen LogP contribution in [0.25, 0.3) is 21.1 Å². The number of carboxylic acid groups (broad SMARTS) is 1. The van der Waals surface area contributed by atoms with Gasteiger partial charge in [-0.3, -0.25) is 63.4 Å². The fourth-order valence-electron chi connectivity index (χ4n) is 9.21. The molecule has 1 aliphatic rings. The molecule has 8 aromatic rings. The number of nitrogens with one attached hydrogen (secondary N) is 3. The van der Waals surface area contributed by atoms with Gasteiger partial charge in [0.25, 0.3) is 35.4 Å². The Morgan fingerprint density at radius 3 is 1.28 bits per heavy atom. The summed E-state index contributed by atoms with van der Waals surface area (Å²) < 4.78 is 0. The zero-order valence-electron chi connectivity index (χ0n) is 54.6. The number of hydrogen-bond donors (Lipinski definition) is 10. The molecule has 1 aromatic carbocycles. The van der Waals surface area contributed by atoms with Crippen LogP contribution in [-0.2, 0) is 16.1 Å². The van der Waals surface area contributed by atoms with Gasteiger partial charge in [-0.05, 0) is 155 Å². The van der Waals surface area contributed by atoms with Crippen LogP contribution in [0, 0.1) is 80.6 Å². The molecule has 1 fully saturated rings. The number of aromatic carboxylic acids is 1. The number of carboxylic acids is 1. The quantitative estimate of drug-likeness (QED) is 0.0556. The largest absolute Gasteiger partial charge is 0.478 e. The minimum absolute atomic E-state index is 0.0576. The molecule has 9 rings (SSSR count). The maximum absolute atomic E-state index is 12.9. The number of pyridine rings is 5. The second kappa shape index (κ2) is 34.8. The highest BCUT2D eigenvalue weighted by Gasteiger charge is 2.24. The van der Waals surface area contributed by atoms with Gasteiger partial charge in [0.15, 0.2) is 23.5 Å². The number of thiocarbonyl (C=S) groups is 1. The number of nitrogen functional groups attached to an aromatic ring is 1. The Kier molecular flexibility index (Phi) is 27.5. The van der Waals surface area contributed by atoms with Crippen LogP contribution < -0.4 is 50.4 Å². The van der Waals surface area contributed by atoms with E-state index in [-0.39, 0.29) is 22.3 Å². The Hall–Kier alpha value is -10.9. The van der Waals surface area contributed by atoms with E-state index in [1.807, 2.05) is 76.2 Å². The number of aromatic nitrogens is 7. The summed E-state index contributed by atoms with van der Waals surface area (Å²) in [7, 11) is 2.14. The number of nitriles is 1. The van der Waals surface area contributed by atoms with Crippen molar-refractivity contribution in [1.82, 2.24) is 55.3 Å². The van der Waals surface area contributed by atoms with Crippen LogP contribution >= 0.6 is 34.9 Å². The molecule has 0 spiro atoms. The van der Waals surface area contributed by atoms with Gasteiger partial charge < -0.3 is 60.4 Å². The van der Waals surface area contributed by atoms with E-state index < -0.39 is 53.5 Å². The first-order chi connectivity index (χ1) is 45.1. The molecule has 1 saturated heterocycles. The third-order valence-electron chi connectivity index (χ3n) is 13.4. The minimum Gasteiger partial charge on any atom is -0.478 e. The van der Waals surface area contributed by atoms with Crippen molar-refractivity contribution in [1.29, 1.82) is 5.26 Å². The van der Waals surface area contributed by atoms with Gasteiger partial charge in [0, 0.05) is 117 Å². The van der Waals surface area contributed by atoms with Crippen molar-refractivity contribution >= 4 is 97.2 Å². The molecule has 2 atom stereocenters. The topological polar surface area (TPSA) is 469 Å². The highest BCUT2D eigenvalue weighted by Crippen LogP contribution is 2.34. The maximum Gasteiger partial charge on any atom is 0.335 e. The molecule has 96 heavy (non-hydrogen) atoms. The highest BCUT2D eigenvalue weighted by atomic mass is 32.1. The van der Waals surface area contributed by atoms with E-state index in [1.54, 1.807) is 84.0 Å². The monoisotopic (exact) mass is 1360 g/mol. The van der Waals surface area contributed by atoms with Crippen LogP contribution in [-0.4, -0.2) is 147 Å². The lowest BCUT2D eigenvalue weighted by molar-refractivity contribution is -0.119. The van der Waals surface area contributed by atoms with Crippen molar-refractivity contribution in [2.45, 2.75) is 87.9 Å². The first-order valence-corrected chi connectivity index (χ1v) is 31.2. The number of amides is 7. The first kappa shape index (κ1) is 75.8. The van der Waals surface area contributed by atoms with E-state index in [4.69, 9.17) is 44.8 Å². The zero-order valence-corrected chi connectivity index (χ0v) is 57.1. The number of rotatable bonds is 16. The van der Waals surface area contributed by atoms with Crippen molar-refractivity contribution in [3.05, 3.63) is 181 Å². The first-order valence-electron chi connectivity index (χ1n) is 29.2. The number of aryl methyl sites for hydroxylation is 10. The van der Waals surface area contributed by atoms with Gasteiger partial charge in [-0.15, -0.1) is 0 Å². The molecule has 7 aromatic heterocycles. The number of thiazole rings is 2. The average Bonchev–Trinajstić information content (AvgIpc) is 1.68. The molecule has 0 radical (unpaired) electrons. The molecular formula is C65H75N19O9S3. The van der Waals surface area contributed by atoms with E-state index in [2.05, 4.69) is 79.9 Å². The fraction of sp³-hybridized carbons (Fsp3) is 0.277. The van der Waals surface area contributed by atoms with Gasteiger partial charge in [-0.25, -0.2) is 14.8 Å². The Morgan fingerprint density at radius 2 is 0.917 bits per heavy atom. The molecule has 31 heteroatoms. The smallest absolute Gasteiger partial charge is 0.335 e. The number of nitrogens with zero attached hydrogens (tertiary/aromatic N) is 10. The fourth-order valence-corrected chi connectivity index (χ4v) is 11.2. The molecule has 502 valence electrons. The Morgan fingerprint density at radius 1 is 0.531 bits per heavy atom. The van der Waals surface area contributed by atoms with Crippen molar-refractivity contribution in [2.24, 2.45) is 28.7 Å². The third-order valence-corrected chi connectivity index (χ3v) is 15.6. The van der Waals surface area contributed by atoms with E-state index in [9.17, 15) is 38.4 Å². The highest BCUT2D eigenvalue weighted by molar-refractivity contribution is 7.80. The van der Waals surface area contributed by atoms with Gasteiger partial charge in [0.05, 0.1) is 11.6 Å². The molecule has 1 aliphatic heterocycles. The van der Waals surface area contributed by atoms with Gasteiger partial charge in [-0.2, -0.15) is 5.26 Å². The minimum atomic E-state index is -1.32. The molecular weight excluding hydrogens is 1290 g/mol. The van der Waals surface area contributed by atoms with Crippen LogP contribution in [0.5, 0.6) is 0 Å². The van der Waals surface area contributed by atoms with Crippen molar-refractivity contribution < 1.29 is 43.5 Å². The molecule has 2 unspecified atom stereocenters. The lowest BCUT2D eigenvalue weighted by Gasteiger charge is -2.32. The summed E-state index contributed by atoms with van der Waals surface area (Å²) in [6.45, 7) is 23.3. The summed E-state index contributed by atoms with van der Waals surface area (Å²) in [5.41, 5.74) is 44.1. The van der Waals surface area contributed by atoms with Gasteiger partial charge in [-0.1, -0.05) is 47.0 Å². The molecule has 8 heterocycles. The number of carbonyl (C=O) groups is 8. The average molecular weight is 1360 g/mol. The molecule has 7 amide bonds. The van der Waals surface area contributed by atoms with E-state index >= 15 is 0 Å².